The van der Waals surface area contributed by atoms with Gasteiger partial charge in [-0.2, -0.15) is 0 Å². The SMILES string of the molecule is CC(C)(CCc1ccccc1)NCCC(N)=O. The van der Waals surface area contributed by atoms with E-state index in [2.05, 4.69) is 43.4 Å². The predicted molar refractivity (Wildman–Crippen MR) is 70.7 cm³/mol. The molecule has 0 radical (unpaired) electrons. The molecule has 0 atom stereocenters. The van der Waals surface area contributed by atoms with E-state index < -0.39 is 0 Å². The summed E-state index contributed by atoms with van der Waals surface area (Å²) in [5.41, 5.74) is 6.49. The van der Waals surface area contributed by atoms with Gasteiger partial charge in [0.05, 0.1) is 0 Å². The lowest BCUT2D eigenvalue weighted by Gasteiger charge is -2.26. The smallest absolute Gasteiger partial charge is 0.218 e. The van der Waals surface area contributed by atoms with Gasteiger partial charge in [-0.1, -0.05) is 30.3 Å². The number of hydrogen-bond donors (Lipinski definition) is 2. The average Bonchev–Trinajstić information content (AvgIpc) is 2.27. The summed E-state index contributed by atoms with van der Waals surface area (Å²) < 4.78 is 0. The number of hydrogen-bond acceptors (Lipinski definition) is 2. The van der Waals surface area contributed by atoms with Crippen LogP contribution >= 0.6 is 0 Å². The van der Waals surface area contributed by atoms with Crippen molar-refractivity contribution in [1.29, 1.82) is 0 Å². The number of benzene rings is 1. The Labute approximate surface area is 103 Å². The number of amides is 1. The molecule has 0 aliphatic rings. The number of rotatable bonds is 7. The van der Waals surface area contributed by atoms with Crippen molar-refractivity contribution in [3.8, 4) is 0 Å². The van der Waals surface area contributed by atoms with E-state index in [1.807, 2.05) is 6.07 Å². The Morgan fingerprint density at radius 1 is 1.29 bits per heavy atom. The molecule has 0 unspecified atom stereocenters. The Balaban J connectivity index is 2.31. The summed E-state index contributed by atoms with van der Waals surface area (Å²) in [6, 6.07) is 10.4. The van der Waals surface area contributed by atoms with Crippen molar-refractivity contribution >= 4 is 5.91 Å². The van der Waals surface area contributed by atoms with E-state index >= 15 is 0 Å². The van der Waals surface area contributed by atoms with Gasteiger partial charge < -0.3 is 11.1 Å². The van der Waals surface area contributed by atoms with E-state index in [0.29, 0.717) is 13.0 Å². The molecule has 0 saturated heterocycles. The van der Waals surface area contributed by atoms with Crippen LogP contribution in [0.15, 0.2) is 30.3 Å². The Hall–Kier alpha value is -1.35. The van der Waals surface area contributed by atoms with E-state index in [9.17, 15) is 4.79 Å². The van der Waals surface area contributed by atoms with Crippen LogP contribution in [-0.4, -0.2) is 18.0 Å². The van der Waals surface area contributed by atoms with Gasteiger partial charge in [0, 0.05) is 18.5 Å². The molecule has 0 spiro atoms. The highest BCUT2D eigenvalue weighted by Gasteiger charge is 2.16. The van der Waals surface area contributed by atoms with Crippen LogP contribution in [0.2, 0.25) is 0 Å². The van der Waals surface area contributed by atoms with Gasteiger partial charge in [-0.05, 0) is 32.3 Å². The van der Waals surface area contributed by atoms with Crippen molar-refractivity contribution in [3.63, 3.8) is 0 Å². The number of nitrogens with two attached hydrogens (primary N) is 1. The van der Waals surface area contributed by atoms with Gasteiger partial charge in [0.2, 0.25) is 5.91 Å². The molecule has 17 heavy (non-hydrogen) atoms. The van der Waals surface area contributed by atoms with Crippen molar-refractivity contribution in [2.45, 2.75) is 38.6 Å². The molecule has 0 aliphatic carbocycles. The van der Waals surface area contributed by atoms with Crippen LogP contribution in [0.3, 0.4) is 0 Å². The van der Waals surface area contributed by atoms with Crippen molar-refractivity contribution in [3.05, 3.63) is 35.9 Å². The van der Waals surface area contributed by atoms with Crippen LogP contribution in [-0.2, 0) is 11.2 Å². The Bertz CT molecular complexity index is 346. The first kappa shape index (κ1) is 13.7. The maximum Gasteiger partial charge on any atom is 0.218 e. The molecule has 0 heterocycles. The highest BCUT2D eigenvalue weighted by Crippen LogP contribution is 2.13. The van der Waals surface area contributed by atoms with E-state index in [-0.39, 0.29) is 11.4 Å². The van der Waals surface area contributed by atoms with Crippen molar-refractivity contribution < 1.29 is 4.79 Å². The Kier molecular flexibility index (Phi) is 5.16. The fourth-order valence-corrected chi connectivity index (χ4v) is 1.71. The summed E-state index contributed by atoms with van der Waals surface area (Å²) in [4.78, 5) is 10.6. The maximum atomic E-state index is 10.6. The van der Waals surface area contributed by atoms with Crippen LogP contribution in [0.4, 0.5) is 0 Å². The predicted octanol–water partition coefficient (Wildman–Crippen LogP) is 1.86. The lowest BCUT2D eigenvalue weighted by atomic mass is 9.95. The molecule has 94 valence electrons. The number of carbonyl (C=O) groups excluding carboxylic acids is 1. The first-order chi connectivity index (χ1) is 7.99. The van der Waals surface area contributed by atoms with E-state index in [1.165, 1.54) is 5.56 Å². The minimum atomic E-state index is -0.253. The third-order valence-electron chi connectivity index (χ3n) is 2.86. The summed E-state index contributed by atoms with van der Waals surface area (Å²) in [5, 5.41) is 3.36. The molecule has 0 bridgehead atoms. The molecule has 1 amide bonds. The molecule has 0 aliphatic heterocycles. The van der Waals surface area contributed by atoms with Gasteiger partial charge in [-0.15, -0.1) is 0 Å². The zero-order valence-electron chi connectivity index (χ0n) is 10.7. The van der Waals surface area contributed by atoms with Gasteiger partial charge in [0.25, 0.3) is 0 Å². The molecule has 3 nitrogen and oxygen atoms in total. The standard InChI is InChI=1S/C14H22N2O/c1-14(2,16-11-9-13(15)17)10-8-12-6-4-3-5-7-12/h3-7,16H,8-11H2,1-2H3,(H2,15,17). The lowest BCUT2D eigenvalue weighted by Crippen LogP contribution is -2.41. The van der Waals surface area contributed by atoms with E-state index in [4.69, 9.17) is 5.73 Å². The van der Waals surface area contributed by atoms with Gasteiger partial charge in [-0.3, -0.25) is 4.79 Å². The zero-order chi connectivity index (χ0) is 12.7. The summed E-state index contributed by atoms with van der Waals surface area (Å²) >= 11 is 0. The van der Waals surface area contributed by atoms with Gasteiger partial charge >= 0.3 is 0 Å². The molecule has 3 N–H and O–H groups in total. The first-order valence-electron chi connectivity index (χ1n) is 6.07. The van der Waals surface area contributed by atoms with E-state index in [1.54, 1.807) is 0 Å². The molecular weight excluding hydrogens is 212 g/mol. The second kappa shape index (κ2) is 6.40. The monoisotopic (exact) mass is 234 g/mol. The lowest BCUT2D eigenvalue weighted by molar-refractivity contribution is -0.117. The van der Waals surface area contributed by atoms with Crippen LogP contribution in [0.5, 0.6) is 0 Å². The van der Waals surface area contributed by atoms with Crippen molar-refractivity contribution in [2.75, 3.05) is 6.54 Å². The fourth-order valence-electron chi connectivity index (χ4n) is 1.71. The number of primary amides is 1. The van der Waals surface area contributed by atoms with Crippen LogP contribution in [0, 0.1) is 0 Å². The third-order valence-corrected chi connectivity index (χ3v) is 2.86. The molecule has 1 aromatic carbocycles. The molecule has 0 fully saturated rings. The molecule has 1 aromatic rings. The topological polar surface area (TPSA) is 55.1 Å². The minimum Gasteiger partial charge on any atom is -0.370 e. The second-order valence-corrected chi connectivity index (χ2v) is 5.01. The average molecular weight is 234 g/mol. The number of nitrogens with one attached hydrogen (secondary N) is 1. The summed E-state index contributed by atoms with van der Waals surface area (Å²) in [7, 11) is 0. The Morgan fingerprint density at radius 2 is 1.94 bits per heavy atom. The molecule has 1 rings (SSSR count). The van der Waals surface area contributed by atoms with Crippen molar-refractivity contribution in [1.82, 2.24) is 5.32 Å². The fraction of sp³-hybridized carbons (Fsp3) is 0.500. The largest absolute Gasteiger partial charge is 0.370 e. The molecular formula is C14H22N2O. The van der Waals surface area contributed by atoms with Gasteiger partial charge in [-0.25, -0.2) is 0 Å². The highest BCUT2D eigenvalue weighted by molar-refractivity contribution is 5.73. The first-order valence-corrected chi connectivity index (χ1v) is 6.07. The quantitative estimate of drug-likeness (QED) is 0.756. The number of aryl methyl sites for hydroxylation is 1. The minimum absolute atomic E-state index is 0.0330. The summed E-state index contributed by atoms with van der Waals surface area (Å²) in [5.74, 6) is -0.253. The number of carbonyl (C=O) groups is 1. The van der Waals surface area contributed by atoms with E-state index in [0.717, 1.165) is 12.8 Å². The zero-order valence-corrected chi connectivity index (χ0v) is 10.7. The molecule has 0 aromatic heterocycles. The second-order valence-electron chi connectivity index (χ2n) is 5.01. The summed E-state index contributed by atoms with van der Waals surface area (Å²) in [6.07, 6.45) is 2.47. The van der Waals surface area contributed by atoms with Crippen LogP contribution in [0.25, 0.3) is 0 Å². The maximum absolute atomic E-state index is 10.6. The van der Waals surface area contributed by atoms with Crippen LogP contribution in [0.1, 0.15) is 32.3 Å². The third kappa shape index (κ3) is 6.07. The highest BCUT2D eigenvalue weighted by atomic mass is 16.1. The van der Waals surface area contributed by atoms with Crippen LogP contribution < -0.4 is 11.1 Å². The van der Waals surface area contributed by atoms with Gasteiger partial charge in [0.1, 0.15) is 0 Å². The summed E-state index contributed by atoms with van der Waals surface area (Å²) in [6.45, 7) is 4.95. The van der Waals surface area contributed by atoms with Crippen molar-refractivity contribution in [2.24, 2.45) is 5.73 Å². The molecule has 0 saturated carbocycles. The Morgan fingerprint density at radius 3 is 2.53 bits per heavy atom. The normalized spacial score (nSPS) is 11.4. The van der Waals surface area contributed by atoms with Gasteiger partial charge in [0.15, 0.2) is 0 Å². The molecule has 3 heteroatoms.